The monoisotopic (exact) mass is 1450 g/mol. The van der Waals surface area contributed by atoms with Gasteiger partial charge in [0.15, 0.2) is 0 Å². The summed E-state index contributed by atoms with van der Waals surface area (Å²) in [6.07, 6.45) is 0.762. The van der Waals surface area contributed by atoms with E-state index in [0.717, 1.165) is 17.7 Å². The molecule has 13 aromatic carbocycles. The molecule has 1 heterocycles. The molecule has 7 heteroatoms. The molecule has 0 aliphatic rings. The molecule has 492 valence electrons. The summed E-state index contributed by atoms with van der Waals surface area (Å²) in [7, 11) is -1.78. The Balaban J connectivity index is 0.000000144. The zero-order valence-electron chi connectivity index (χ0n) is 57.2. The number of benzene rings is 13. The first-order chi connectivity index (χ1) is 48.0. The van der Waals surface area contributed by atoms with E-state index in [1.54, 1.807) is 0 Å². The van der Waals surface area contributed by atoms with Gasteiger partial charge in [-0.25, -0.2) is 4.98 Å². The van der Waals surface area contributed by atoms with Crippen LogP contribution in [0.5, 0.6) is 0 Å². The van der Waals surface area contributed by atoms with Gasteiger partial charge in [0.25, 0.3) is 0 Å². The number of aromatic nitrogens is 1. The second kappa shape index (κ2) is 38.9. The van der Waals surface area contributed by atoms with Crippen LogP contribution in [0, 0.1) is 32.1 Å². The van der Waals surface area contributed by atoms with E-state index in [-0.39, 0.29) is 25.8 Å². The number of rotatable bonds is 14. The Labute approximate surface area is 608 Å². The first-order valence-electron chi connectivity index (χ1n) is 33.3. The average Bonchev–Trinajstić information content (AvgIpc) is 1.20. The first kappa shape index (κ1) is 74.1. The number of nitrogens with zero attached hydrogens (tertiary/aromatic N) is 2. The van der Waals surface area contributed by atoms with E-state index in [2.05, 4.69) is 441 Å². The summed E-state index contributed by atoms with van der Waals surface area (Å²) < 4.78 is 0. The van der Waals surface area contributed by atoms with Crippen LogP contribution in [0.25, 0.3) is 0 Å². The minimum Gasteiger partial charge on any atom is -0.241 e. The summed E-state index contributed by atoms with van der Waals surface area (Å²) in [5.74, 6) is 0. The molecule has 0 N–H and O–H groups in total. The van der Waals surface area contributed by atoms with Gasteiger partial charge in [0.1, 0.15) is 11.8 Å². The zero-order valence-corrected chi connectivity index (χ0v) is 62.3. The average molecular weight is 1450 g/mol. The van der Waals surface area contributed by atoms with E-state index in [0.29, 0.717) is 5.69 Å². The molecule has 0 saturated heterocycles. The number of aryl methyl sites for hydroxylation is 3. The van der Waals surface area contributed by atoms with Crippen molar-refractivity contribution in [3.8, 4) is 6.07 Å². The molecule has 0 aliphatic heterocycles. The molecule has 0 unspecified atom stereocenters. The van der Waals surface area contributed by atoms with E-state index in [4.69, 9.17) is 0 Å². The molecule has 1 aromatic heterocycles. The maximum absolute atomic E-state index is 9.46. The SMILES string of the molecule is Cc1cc(C)c(Cc2ccc(C(C)(C)C)nc2C#N)c(C)c1.[Pd].c1ccc(P(c2ccccc2)c2ccccc2)cc1.c1ccc(P(c2ccccc2)c2ccccc2)cc1.c1ccc(P(c2ccccc2)c2ccccc2)cc1.c1ccc(P(c2ccccc2)c2ccccc2)cc1. The maximum Gasteiger partial charge on any atom is 0.144 e. The normalized spacial score (nSPS) is 10.6. The van der Waals surface area contributed by atoms with Crippen molar-refractivity contribution in [1.82, 2.24) is 4.98 Å². The molecule has 0 bridgehead atoms. The third-order valence-electron chi connectivity index (χ3n) is 16.2. The third-order valence-corrected chi connectivity index (χ3v) is 26.0. The molecular weight excluding hydrogens is 1360 g/mol. The van der Waals surface area contributed by atoms with Gasteiger partial charge in [0, 0.05) is 38.0 Å². The topological polar surface area (TPSA) is 36.7 Å². The standard InChI is InChI=1S/C20H24N2.4C18H15P.Pd/c1-13-9-14(2)17(15(3)10-13)11-16-7-8-19(20(4,5)6)22-18(16)12-21;4*1-4-10-16(11-5-1)19(17-12-6-2-7-13-17)18-14-8-3-9-15-18;/h7-10H,11H2,1-6H3;4*1-15H;. The van der Waals surface area contributed by atoms with Gasteiger partial charge in [-0.3, -0.25) is 0 Å². The molecule has 0 atom stereocenters. The van der Waals surface area contributed by atoms with Crippen LogP contribution in [0.4, 0.5) is 0 Å². The molecular formula is C92H84N2P4Pd. The van der Waals surface area contributed by atoms with Crippen molar-refractivity contribution in [3.63, 3.8) is 0 Å². The van der Waals surface area contributed by atoms with Crippen molar-refractivity contribution in [2.75, 3.05) is 0 Å². The summed E-state index contributed by atoms with van der Waals surface area (Å²) in [5, 5.41) is 26.2. The van der Waals surface area contributed by atoms with E-state index in [1.807, 2.05) is 0 Å². The van der Waals surface area contributed by atoms with Crippen LogP contribution in [0.1, 0.15) is 60.0 Å². The van der Waals surface area contributed by atoms with Gasteiger partial charge < -0.3 is 0 Å². The van der Waals surface area contributed by atoms with Gasteiger partial charge in [-0.1, -0.05) is 409 Å². The summed E-state index contributed by atoms with van der Waals surface area (Å²) in [6, 6.07) is 140. The van der Waals surface area contributed by atoms with Crippen LogP contribution in [-0.2, 0) is 32.3 Å². The van der Waals surface area contributed by atoms with Crippen LogP contribution in [-0.4, -0.2) is 4.98 Å². The quantitative estimate of drug-likeness (QED) is 0.0804. The van der Waals surface area contributed by atoms with Gasteiger partial charge in [0.05, 0.1) is 0 Å². The molecule has 14 aromatic rings. The number of hydrogen-bond donors (Lipinski definition) is 0. The predicted octanol–water partition coefficient (Wildman–Crippen LogP) is 18.5. The van der Waals surface area contributed by atoms with Crippen molar-refractivity contribution in [2.45, 2.75) is 53.4 Å². The van der Waals surface area contributed by atoms with Gasteiger partial charge >= 0.3 is 0 Å². The molecule has 0 fully saturated rings. The predicted molar refractivity (Wildman–Crippen MR) is 432 cm³/mol. The number of hydrogen-bond acceptors (Lipinski definition) is 2. The summed E-state index contributed by atoms with van der Waals surface area (Å²) in [6.45, 7) is 12.7. The minimum atomic E-state index is -0.446. The van der Waals surface area contributed by atoms with E-state index in [1.165, 1.54) is 85.9 Å². The number of nitriles is 1. The molecule has 0 radical (unpaired) electrons. The van der Waals surface area contributed by atoms with Crippen molar-refractivity contribution in [3.05, 3.63) is 427 Å². The van der Waals surface area contributed by atoms with E-state index >= 15 is 0 Å². The Morgan fingerprint density at radius 3 is 0.626 bits per heavy atom. The van der Waals surface area contributed by atoms with Crippen molar-refractivity contribution >= 4 is 95.3 Å². The van der Waals surface area contributed by atoms with Gasteiger partial charge in [-0.15, -0.1) is 0 Å². The van der Waals surface area contributed by atoms with Crippen LogP contribution >= 0.6 is 31.7 Å². The summed E-state index contributed by atoms with van der Waals surface area (Å²) in [4.78, 5) is 4.57. The van der Waals surface area contributed by atoms with Gasteiger partial charge in [-0.2, -0.15) is 5.26 Å². The molecule has 0 saturated carbocycles. The number of pyridine rings is 1. The summed E-state index contributed by atoms with van der Waals surface area (Å²) in [5.41, 5.74) is 7.61. The minimum absolute atomic E-state index is 0. The zero-order chi connectivity index (χ0) is 68.2. The van der Waals surface area contributed by atoms with Crippen molar-refractivity contribution in [2.24, 2.45) is 0 Å². The Bertz CT molecular complexity index is 3760. The second-order valence-electron chi connectivity index (χ2n) is 24.5. The van der Waals surface area contributed by atoms with Crippen LogP contribution in [0.15, 0.2) is 388 Å². The third kappa shape index (κ3) is 21.7. The van der Waals surface area contributed by atoms with Crippen molar-refractivity contribution in [1.29, 1.82) is 5.26 Å². The maximum atomic E-state index is 9.46. The molecule has 99 heavy (non-hydrogen) atoms. The summed E-state index contributed by atoms with van der Waals surface area (Å²) >= 11 is 0. The van der Waals surface area contributed by atoms with E-state index < -0.39 is 31.7 Å². The molecule has 14 rings (SSSR count). The molecule has 0 spiro atoms. The fourth-order valence-corrected chi connectivity index (χ4v) is 20.8. The Morgan fingerprint density at radius 1 is 0.283 bits per heavy atom. The molecule has 0 aliphatic carbocycles. The first-order valence-corrected chi connectivity index (χ1v) is 38.7. The van der Waals surface area contributed by atoms with Gasteiger partial charge in [-0.05, 0) is 144 Å². The van der Waals surface area contributed by atoms with Crippen LogP contribution in [0.2, 0.25) is 0 Å². The van der Waals surface area contributed by atoms with Crippen LogP contribution in [0.3, 0.4) is 0 Å². The molecule has 0 amide bonds. The van der Waals surface area contributed by atoms with Crippen molar-refractivity contribution < 1.29 is 20.4 Å². The fraction of sp³-hybridized carbons (Fsp3) is 0.0870. The Hall–Kier alpha value is -9.12. The molecule has 2 nitrogen and oxygen atoms in total. The Morgan fingerprint density at radius 2 is 0.465 bits per heavy atom. The smallest absolute Gasteiger partial charge is 0.144 e. The fourth-order valence-electron chi connectivity index (χ4n) is 11.5. The Kier molecular flexibility index (Phi) is 29.1. The second-order valence-corrected chi connectivity index (χ2v) is 33.4. The van der Waals surface area contributed by atoms with E-state index in [9.17, 15) is 5.26 Å². The van der Waals surface area contributed by atoms with Gasteiger partial charge in [0.2, 0.25) is 0 Å². The largest absolute Gasteiger partial charge is 0.241 e. The van der Waals surface area contributed by atoms with Crippen LogP contribution < -0.4 is 63.7 Å².